The summed E-state index contributed by atoms with van der Waals surface area (Å²) in [5, 5.41) is -0.00591. The van der Waals surface area contributed by atoms with Crippen LogP contribution in [0.4, 0.5) is 0 Å². The van der Waals surface area contributed by atoms with Crippen molar-refractivity contribution < 1.29 is 19.1 Å². The fourth-order valence-corrected chi connectivity index (χ4v) is 3.62. The van der Waals surface area contributed by atoms with Crippen molar-refractivity contribution >= 4 is 23.7 Å². The fourth-order valence-electron chi connectivity index (χ4n) is 2.44. The molecule has 0 aliphatic carbocycles. The third-order valence-corrected chi connectivity index (χ3v) is 5.04. The Labute approximate surface area is 148 Å². The van der Waals surface area contributed by atoms with E-state index in [-0.39, 0.29) is 17.2 Å². The van der Waals surface area contributed by atoms with Crippen molar-refractivity contribution in [3.63, 3.8) is 0 Å². The molecule has 0 aromatic heterocycles. The van der Waals surface area contributed by atoms with Gasteiger partial charge in [0.2, 0.25) is 0 Å². The summed E-state index contributed by atoms with van der Waals surface area (Å²) in [6.07, 6.45) is 4.16. The number of benzene rings is 1. The van der Waals surface area contributed by atoms with Crippen LogP contribution in [0.2, 0.25) is 0 Å². The summed E-state index contributed by atoms with van der Waals surface area (Å²) in [6, 6.07) is 4.28. The number of carbonyl (C=O) groups is 2. The second-order valence-corrected chi connectivity index (χ2v) is 6.86. The van der Waals surface area contributed by atoms with Crippen molar-refractivity contribution in [1.82, 2.24) is 0 Å². The van der Waals surface area contributed by atoms with Gasteiger partial charge in [-0.1, -0.05) is 23.8 Å². The molecular weight excluding hydrogens is 324 g/mol. The Bertz CT molecular complexity index is 584. The normalized spacial score (nSPS) is 12.2. The maximum atomic E-state index is 11.6. The maximum Gasteiger partial charge on any atom is 0.330 e. The molecule has 5 heteroatoms. The molecule has 24 heavy (non-hydrogen) atoms. The molecule has 0 N–H and O–H groups in total. The van der Waals surface area contributed by atoms with Crippen molar-refractivity contribution in [3.8, 4) is 0 Å². The predicted octanol–water partition coefficient (Wildman–Crippen LogP) is 4.15. The lowest BCUT2D eigenvalue weighted by molar-refractivity contribution is -0.140. The summed E-state index contributed by atoms with van der Waals surface area (Å²) in [5.41, 5.74) is 3.62. The topological polar surface area (TPSA) is 52.6 Å². The van der Waals surface area contributed by atoms with E-state index in [2.05, 4.69) is 32.9 Å². The first kappa shape index (κ1) is 20.3. The molecule has 1 aromatic rings. The molecule has 0 fully saturated rings. The van der Waals surface area contributed by atoms with E-state index in [0.717, 1.165) is 0 Å². The van der Waals surface area contributed by atoms with Crippen LogP contribution in [0.25, 0.3) is 0 Å². The van der Waals surface area contributed by atoms with Gasteiger partial charge in [0.1, 0.15) is 0 Å². The van der Waals surface area contributed by atoms with Gasteiger partial charge in [-0.05, 0) is 45.2 Å². The highest BCUT2D eigenvalue weighted by molar-refractivity contribution is 8.00. The average Bonchev–Trinajstić information content (AvgIpc) is 2.52. The molecular formula is C19H26O4S. The summed E-state index contributed by atoms with van der Waals surface area (Å²) < 4.78 is 9.64. The molecule has 4 nitrogen and oxygen atoms in total. The molecule has 0 saturated heterocycles. The van der Waals surface area contributed by atoms with E-state index in [0.29, 0.717) is 19.4 Å². The van der Waals surface area contributed by atoms with Crippen LogP contribution in [0, 0.1) is 20.8 Å². The molecule has 0 unspecified atom stereocenters. The number of hydrogen-bond acceptors (Lipinski definition) is 5. The number of carbonyl (C=O) groups excluding carboxylic acids is 2. The minimum Gasteiger partial charge on any atom is -0.469 e. The van der Waals surface area contributed by atoms with E-state index < -0.39 is 0 Å². The van der Waals surface area contributed by atoms with Gasteiger partial charge in [0.15, 0.2) is 0 Å². The van der Waals surface area contributed by atoms with Gasteiger partial charge in [-0.3, -0.25) is 4.79 Å². The number of rotatable bonds is 8. The van der Waals surface area contributed by atoms with Gasteiger partial charge >= 0.3 is 11.9 Å². The van der Waals surface area contributed by atoms with Crippen LogP contribution < -0.4 is 0 Å². The van der Waals surface area contributed by atoms with Crippen molar-refractivity contribution in [2.24, 2.45) is 0 Å². The number of ether oxygens (including phenoxy) is 2. The molecule has 1 rings (SSSR count). The maximum absolute atomic E-state index is 11.6. The minimum absolute atomic E-state index is 0.00591. The fraction of sp³-hybridized carbons (Fsp3) is 0.474. The third-order valence-electron chi connectivity index (χ3n) is 3.47. The third kappa shape index (κ3) is 6.79. The Kier molecular flexibility index (Phi) is 8.61. The average molecular weight is 350 g/mol. The summed E-state index contributed by atoms with van der Waals surface area (Å²) in [7, 11) is 1.38. The quantitative estimate of drug-likeness (QED) is 0.400. The highest BCUT2D eigenvalue weighted by Gasteiger charge is 2.14. The molecule has 0 saturated carbocycles. The molecule has 0 radical (unpaired) electrons. The zero-order valence-corrected chi connectivity index (χ0v) is 15.9. The Morgan fingerprint density at radius 1 is 1.21 bits per heavy atom. The van der Waals surface area contributed by atoms with Gasteiger partial charge in [0, 0.05) is 22.6 Å². The lowest BCUT2D eigenvalue weighted by Crippen LogP contribution is -2.08. The molecule has 0 aliphatic rings. The lowest BCUT2D eigenvalue weighted by atomic mass is 10.1. The molecule has 1 atom stereocenters. The number of hydrogen-bond donors (Lipinski definition) is 0. The monoisotopic (exact) mass is 350 g/mol. The van der Waals surface area contributed by atoms with E-state index in [9.17, 15) is 9.59 Å². The zero-order chi connectivity index (χ0) is 18.1. The lowest BCUT2D eigenvalue weighted by Gasteiger charge is -2.16. The van der Waals surface area contributed by atoms with Crippen LogP contribution >= 0.6 is 11.8 Å². The highest BCUT2D eigenvalue weighted by atomic mass is 32.2. The molecule has 0 aliphatic heterocycles. The molecule has 0 heterocycles. The molecule has 132 valence electrons. The SMILES string of the molecule is CCOC(=O)/C=C/[C@@H](CCC(=O)OC)Sc1c(C)cc(C)cc1C. The smallest absolute Gasteiger partial charge is 0.330 e. The van der Waals surface area contributed by atoms with Crippen LogP contribution in [-0.2, 0) is 19.1 Å². The van der Waals surface area contributed by atoms with E-state index in [1.54, 1.807) is 18.7 Å². The minimum atomic E-state index is -0.362. The van der Waals surface area contributed by atoms with E-state index in [1.165, 1.54) is 34.8 Å². The van der Waals surface area contributed by atoms with Gasteiger partial charge in [0.05, 0.1) is 13.7 Å². The zero-order valence-electron chi connectivity index (χ0n) is 15.0. The Balaban J connectivity index is 2.92. The van der Waals surface area contributed by atoms with E-state index in [4.69, 9.17) is 9.47 Å². The number of aryl methyl sites for hydroxylation is 3. The van der Waals surface area contributed by atoms with Gasteiger partial charge in [-0.25, -0.2) is 4.79 Å². The van der Waals surface area contributed by atoms with Gasteiger partial charge in [-0.15, -0.1) is 11.8 Å². The second kappa shape index (κ2) is 10.2. The van der Waals surface area contributed by atoms with Gasteiger partial charge in [0.25, 0.3) is 0 Å². The van der Waals surface area contributed by atoms with Crippen LogP contribution in [0.15, 0.2) is 29.2 Å². The van der Waals surface area contributed by atoms with Crippen LogP contribution in [-0.4, -0.2) is 30.9 Å². The first-order valence-electron chi connectivity index (χ1n) is 8.03. The largest absolute Gasteiger partial charge is 0.469 e. The predicted molar refractivity (Wildman–Crippen MR) is 97.3 cm³/mol. The van der Waals surface area contributed by atoms with Crippen LogP contribution in [0.1, 0.15) is 36.5 Å². The van der Waals surface area contributed by atoms with Gasteiger partial charge in [-0.2, -0.15) is 0 Å². The first-order chi connectivity index (χ1) is 11.4. The second-order valence-electron chi connectivity index (χ2n) is 5.61. The Morgan fingerprint density at radius 3 is 2.38 bits per heavy atom. The van der Waals surface area contributed by atoms with Crippen molar-refractivity contribution in [2.75, 3.05) is 13.7 Å². The van der Waals surface area contributed by atoms with E-state index >= 15 is 0 Å². The van der Waals surface area contributed by atoms with Gasteiger partial charge < -0.3 is 9.47 Å². The van der Waals surface area contributed by atoms with Crippen molar-refractivity contribution in [3.05, 3.63) is 41.0 Å². The van der Waals surface area contributed by atoms with E-state index in [1.807, 2.05) is 6.08 Å². The molecule has 0 spiro atoms. The van der Waals surface area contributed by atoms with Crippen molar-refractivity contribution in [2.45, 2.75) is 50.7 Å². The summed E-state index contributed by atoms with van der Waals surface area (Å²) >= 11 is 1.66. The van der Waals surface area contributed by atoms with Crippen molar-refractivity contribution in [1.29, 1.82) is 0 Å². The highest BCUT2D eigenvalue weighted by Crippen LogP contribution is 2.33. The first-order valence-corrected chi connectivity index (χ1v) is 8.91. The number of methoxy groups -OCH3 is 1. The standard InChI is InChI=1S/C19H26O4S/c1-6-23-18(21)10-8-16(7-9-17(20)22-5)24-19-14(3)11-13(2)12-15(19)4/h8,10-12,16H,6-7,9H2,1-5H3/b10-8+/t16-/m1/s1. The Morgan fingerprint density at radius 2 is 1.83 bits per heavy atom. The summed E-state index contributed by atoms with van der Waals surface area (Å²) in [4.78, 5) is 24.2. The number of esters is 2. The summed E-state index contributed by atoms with van der Waals surface area (Å²) in [6.45, 7) is 8.35. The Hall–Kier alpha value is -1.75. The van der Waals surface area contributed by atoms with Crippen LogP contribution in [0.3, 0.4) is 0 Å². The van der Waals surface area contributed by atoms with Crippen LogP contribution in [0.5, 0.6) is 0 Å². The summed E-state index contributed by atoms with van der Waals surface area (Å²) in [5.74, 6) is -0.610. The number of thioether (sulfide) groups is 1. The molecule has 0 bridgehead atoms. The molecule has 1 aromatic carbocycles. The molecule has 0 amide bonds.